The third-order valence-electron chi connectivity index (χ3n) is 3.63. The molecule has 3 rings (SSSR count). The predicted molar refractivity (Wildman–Crippen MR) is 64.4 cm³/mol. The van der Waals surface area contributed by atoms with Crippen molar-refractivity contribution < 1.29 is 4.79 Å². The van der Waals surface area contributed by atoms with E-state index in [2.05, 4.69) is 16.4 Å². The summed E-state index contributed by atoms with van der Waals surface area (Å²) >= 11 is 0. The molecular weight excluding hydrogens is 214 g/mol. The number of rotatable bonds is 1. The Kier molecular flexibility index (Phi) is 2.81. The van der Waals surface area contributed by atoms with Crippen LogP contribution in [0.1, 0.15) is 24.1 Å². The van der Waals surface area contributed by atoms with Crippen molar-refractivity contribution in [3.8, 4) is 0 Å². The summed E-state index contributed by atoms with van der Waals surface area (Å²) in [6.07, 6.45) is 4.81. The smallest absolute Gasteiger partial charge is 0.240 e. The fraction of sp³-hybridized carbons (Fsp3) is 0.538. The number of pyridine rings is 1. The van der Waals surface area contributed by atoms with Gasteiger partial charge in [-0.25, -0.2) is 0 Å². The third kappa shape index (κ3) is 2.05. The van der Waals surface area contributed by atoms with Gasteiger partial charge < -0.3 is 10.2 Å². The molecule has 2 aliphatic rings. The SMILES string of the molecule is O=C(C1CCCN1)N1CCc2ncccc2C1. The second kappa shape index (κ2) is 4.45. The van der Waals surface area contributed by atoms with E-state index in [1.54, 1.807) is 0 Å². The fourth-order valence-corrected chi connectivity index (χ4v) is 2.67. The molecule has 0 spiro atoms. The first-order chi connectivity index (χ1) is 8.34. The molecule has 1 amide bonds. The summed E-state index contributed by atoms with van der Waals surface area (Å²) in [4.78, 5) is 18.6. The zero-order valence-corrected chi connectivity index (χ0v) is 9.85. The molecule has 4 nitrogen and oxygen atoms in total. The summed E-state index contributed by atoms with van der Waals surface area (Å²) in [6.45, 7) is 2.50. The van der Waals surface area contributed by atoms with Crippen LogP contribution in [0.3, 0.4) is 0 Å². The Hall–Kier alpha value is -1.42. The molecule has 4 heteroatoms. The van der Waals surface area contributed by atoms with Crippen molar-refractivity contribution in [2.75, 3.05) is 13.1 Å². The molecule has 0 saturated carbocycles. The van der Waals surface area contributed by atoms with Gasteiger partial charge in [-0.3, -0.25) is 9.78 Å². The van der Waals surface area contributed by atoms with Crippen LogP contribution in [0.4, 0.5) is 0 Å². The number of nitrogens with one attached hydrogen (secondary N) is 1. The number of carbonyl (C=O) groups is 1. The topological polar surface area (TPSA) is 45.2 Å². The summed E-state index contributed by atoms with van der Waals surface area (Å²) in [5, 5.41) is 3.27. The normalized spacial score (nSPS) is 23.5. The lowest BCUT2D eigenvalue weighted by Gasteiger charge is -2.30. The molecule has 1 N–H and O–H groups in total. The quantitative estimate of drug-likeness (QED) is 0.774. The number of aromatic nitrogens is 1. The maximum absolute atomic E-state index is 12.3. The minimum absolute atomic E-state index is 0.0493. The van der Waals surface area contributed by atoms with Gasteiger partial charge in [0, 0.05) is 31.4 Å². The molecule has 0 bridgehead atoms. The van der Waals surface area contributed by atoms with Gasteiger partial charge in [-0.05, 0) is 31.0 Å². The number of hydrogen-bond donors (Lipinski definition) is 1. The molecule has 17 heavy (non-hydrogen) atoms. The predicted octanol–water partition coefficient (Wildman–Crippen LogP) is 0.718. The average Bonchev–Trinajstić information content (AvgIpc) is 2.91. The van der Waals surface area contributed by atoms with Gasteiger partial charge in [-0.15, -0.1) is 0 Å². The maximum atomic E-state index is 12.3. The van der Waals surface area contributed by atoms with Gasteiger partial charge >= 0.3 is 0 Å². The Balaban J connectivity index is 1.73. The molecule has 90 valence electrons. The van der Waals surface area contributed by atoms with Crippen LogP contribution in [-0.2, 0) is 17.8 Å². The summed E-state index contributed by atoms with van der Waals surface area (Å²) in [5.74, 6) is 0.261. The molecule has 1 atom stereocenters. The zero-order chi connectivity index (χ0) is 11.7. The minimum atomic E-state index is 0.0493. The van der Waals surface area contributed by atoms with Crippen LogP contribution in [0, 0.1) is 0 Å². The molecule has 1 unspecified atom stereocenters. The van der Waals surface area contributed by atoms with Crippen molar-refractivity contribution in [3.05, 3.63) is 29.6 Å². The van der Waals surface area contributed by atoms with Gasteiger partial charge in [0.2, 0.25) is 5.91 Å². The van der Waals surface area contributed by atoms with Crippen LogP contribution in [0.25, 0.3) is 0 Å². The van der Waals surface area contributed by atoms with Crippen molar-refractivity contribution in [2.45, 2.75) is 31.8 Å². The molecule has 1 aromatic rings. The molecule has 0 aliphatic carbocycles. The molecule has 2 aliphatic heterocycles. The average molecular weight is 231 g/mol. The first-order valence-corrected chi connectivity index (χ1v) is 6.29. The molecular formula is C13H17N3O. The molecule has 1 fully saturated rings. The van der Waals surface area contributed by atoms with Gasteiger partial charge in [0.25, 0.3) is 0 Å². The number of fused-ring (bicyclic) bond motifs is 1. The summed E-state index contributed by atoms with van der Waals surface area (Å²) in [6, 6.07) is 4.07. The minimum Gasteiger partial charge on any atom is -0.337 e. The van der Waals surface area contributed by atoms with Gasteiger partial charge in [-0.1, -0.05) is 6.07 Å². The third-order valence-corrected chi connectivity index (χ3v) is 3.63. The highest BCUT2D eigenvalue weighted by Gasteiger charge is 2.29. The fourth-order valence-electron chi connectivity index (χ4n) is 2.67. The Bertz CT molecular complexity index is 426. The number of hydrogen-bond acceptors (Lipinski definition) is 3. The van der Waals surface area contributed by atoms with E-state index in [9.17, 15) is 4.79 Å². The van der Waals surface area contributed by atoms with Gasteiger partial charge in [0.1, 0.15) is 0 Å². The number of nitrogens with zero attached hydrogens (tertiary/aromatic N) is 2. The van der Waals surface area contributed by atoms with Crippen molar-refractivity contribution in [1.29, 1.82) is 0 Å². The lowest BCUT2D eigenvalue weighted by molar-refractivity contribution is -0.134. The van der Waals surface area contributed by atoms with E-state index in [1.165, 1.54) is 5.56 Å². The van der Waals surface area contributed by atoms with Gasteiger partial charge in [0.15, 0.2) is 0 Å². The van der Waals surface area contributed by atoms with E-state index in [0.717, 1.165) is 44.6 Å². The monoisotopic (exact) mass is 231 g/mol. The maximum Gasteiger partial charge on any atom is 0.240 e. The second-order valence-corrected chi connectivity index (χ2v) is 4.77. The Morgan fingerprint density at radius 2 is 2.47 bits per heavy atom. The highest BCUT2D eigenvalue weighted by atomic mass is 16.2. The van der Waals surface area contributed by atoms with E-state index < -0.39 is 0 Å². The van der Waals surface area contributed by atoms with Crippen LogP contribution in [-0.4, -0.2) is 34.9 Å². The lowest BCUT2D eigenvalue weighted by Crippen LogP contribution is -2.45. The Morgan fingerprint density at radius 1 is 1.53 bits per heavy atom. The highest BCUT2D eigenvalue weighted by Crippen LogP contribution is 2.18. The van der Waals surface area contributed by atoms with E-state index in [1.807, 2.05) is 17.2 Å². The van der Waals surface area contributed by atoms with Crippen LogP contribution < -0.4 is 5.32 Å². The highest BCUT2D eigenvalue weighted by molar-refractivity contribution is 5.82. The molecule has 3 heterocycles. The summed E-state index contributed by atoms with van der Waals surface area (Å²) < 4.78 is 0. The number of carbonyl (C=O) groups excluding carboxylic acids is 1. The lowest BCUT2D eigenvalue weighted by atomic mass is 10.0. The van der Waals surface area contributed by atoms with Crippen molar-refractivity contribution in [2.24, 2.45) is 0 Å². The summed E-state index contributed by atoms with van der Waals surface area (Å²) in [5.41, 5.74) is 2.35. The van der Waals surface area contributed by atoms with Gasteiger partial charge in [-0.2, -0.15) is 0 Å². The molecule has 1 aromatic heterocycles. The standard InChI is InChI=1S/C13H17N3O/c17-13(12-4-2-7-15-12)16-8-5-11-10(9-16)3-1-6-14-11/h1,3,6,12,15H,2,4-5,7-9H2. The van der Waals surface area contributed by atoms with Crippen LogP contribution >= 0.6 is 0 Å². The molecule has 0 radical (unpaired) electrons. The van der Waals surface area contributed by atoms with E-state index in [0.29, 0.717) is 0 Å². The van der Waals surface area contributed by atoms with Gasteiger partial charge in [0.05, 0.1) is 6.04 Å². The zero-order valence-electron chi connectivity index (χ0n) is 9.85. The first-order valence-electron chi connectivity index (χ1n) is 6.29. The largest absolute Gasteiger partial charge is 0.337 e. The molecule has 1 saturated heterocycles. The van der Waals surface area contributed by atoms with E-state index in [4.69, 9.17) is 0 Å². The van der Waals surface area contributed by atoms with Crippen molar-refractivity contribution in [3.63, 3.8) is 0 Å². The second-order valence-electron chi connectivity index (χ2n) is 4.77. The van der Waals surface area contributed by atoms with Crippen molar-refractivity contribution in [1.82, 2.24) is 15.2 Å². The Morgan fingerprint density at radius 3 is 3.29 bits per heavy atom. The molecule has 0 aromatic carbocycles. The van der Waals surface area contributed by atoms with E-state index >= 15 is 0 Å². The summed E-state index contributed by atoms with van der Waals surface area (Å²) in [7, 11) is 0. The Labute approximate surface area is 101 Å². The first kappa shape index (κ1) is 10.7. The van der Waals surface area contributed by atoms with Crippen molar-refractivity contribution >= 4 is 5.91 Å². The van der Waals surface area contributed by atoms with E-state index in [-0.39, 0.29) is 11.9 Å². The van der Waals surface area contributed by atoms with Crippen LogP contribution in [0.2, 0.25) is 0 Å². The number of amides is 1. The van der Waals surface area contributed by atoms with Crippen LogP contribution in [0.15, 0.2) is 18.3 Å². The van der Waals surface area contributed by atoms with Crippen LogP contribution in [0.5, 0.6) is 0 Å².